The Morgan fingerprint density at radius 3 is 2.22 bits per heavy atom. The molecule has 0 radical (unpaired) electrons. The van der Waals surface area contributed by atoms with Crippen LogP contribution in [0.2, 0.25) is 0 Å². The molecule has 32 heavy (non-hydrogen) atoms. The zero-order valence-electron chi connectivity index (χ0n) is 17.6. The van der Waals surface area contributed by atoms with Crippen LogP contribution in [0.1, 0.15) is 24.0 Å². The molecule has 0 saturated heterocycles. The van der Waals surface area contributed by atoms with Crippen LogP contribution in [0.5, 0.6) is 5.75 Å². The Kier molecular flexibility index (Phi) is 6.12. The number of aliphatic carboxylic acids is 1. The minimum Gasteiger partial charge on any atom is -0.478 e. The number of aromatic nitrogens is 3. The van der Waals surface area contributed by atoms with E-state index in [2.05, 4.69) is 10.1 Å². The van der Waals surface area contributed by atoms with E-state index in [-0.39, 0.29) is 0 Å². The van der Waals surface area contributed by atoms with Crippen molar-refractivity contribution in [3.8, 4) is 5.75 Å². The van der Waals surface area contributed by atoms with E-state index >= 15 is 0 Å². The van der Waals surface area contributed by atoms with Crippen LogP contribution < -0.4 is 4.74 Å². The average molecular weight is 425 g/mol. The second-order valence-corrected chi connectivity index (χ2v) is 7.21. The van der Waals surface area contributed by atoms with Gasteiger partial charge in [0.2, 0.25) is 0 Å². The van der Waals surface area contributed by atoms with Crippen molar-refractivity contribution < 1.29 is 14.6 Å². The lowest BCUT2D eigenvalue weighted by atomic mass is 9.75. The largest absolute Gasteiger partial charge is 0.478 e. The molecule has 2 aromatic carbocycles. The van der Waals surface area contributed by atoms with Gasteiger partial charge in [0.15, 0.2) is 0 Å². The number of nitrogens with zero attached hydrogens (tertiary/aromatic N) is 3. The van der Waals surface area contributed by atoms with Crippen LogP contribution in [0.3, 0.4) is 0 Å². The van der Waals surface area contributed by atoms with Gasteiger partial charge in [-0.2, -0.15) is 5.10 Å². The molecule has 1 N–H and O–H groups in total. The average Bonchev–Trinajstić information content (AvgIpc) is 3.36. The van der Waals surface area contributed by atoms with E-state index < -0.39 is 17.5 Å². The summed E-state index contributed by atoms with van der Waals surface area (Å²) in [6.45, 7) is 1.79. The SMILES string of the molecule is CC=C(n1cccn1)C(Oc1ccccc1)(C(=O)O)C(c1ccccc1)c1cccnc1. The zero-order chi connectivity index (χ0) is 22.4. The van der Waals surface area contributed by atoms with E-state index in [9.17, 15) is 9.90 Å². The van der Waals surface area contributed by atoms with E-state index in [0.717, 1.165) is 5.56 Å². The lowest BCUT2D eigenvalue weighted by molar-refractivity contribution is -0.151. The highest BCUT2D eigenvalue weighted by atomic mass is 16.5. The number of benzene rings is 2. The van der Waals surface area contributed by atoms with Crippen molar-refractivity contribution in [2.75, 3.05) is 0 Å². The lowest BCUT2D eigenvalue weighted by Gasteiger charge is -2.39. The first-order valence-electron chi connectivity index (χ1n) is 10.3. The van der Waals surface area contributed by atoms with Gasteiger partial charge in [0, 0.05) is 24.8 Å². The van der Waals surface area contributed by atoms with Gasteiger partial charge in [-0.05, 0) is 42.3 Å². The quantitative estimate of drug-likeness (QED) is 0.436. The molecule has 160 valence electrons. The Hall–Kier alpha value is -4.19. The molecule has 2 atom stereocenters. The van der Waals surface area contributed by atoms with Gasteiger partial charge in [-0.1, -0.05) is 60.7 Å². The predicted molar refractivity (Wildman–Crippen MR) is 122 cm³/mol. The van der Waals surface area contributed by atoms with Crippen LogP contribution in [0.15, 0.2) is 110 Å². The molecule has 0 fully saturated rings. The van der Waals surface area contributed by atoms with Crippen molar-refractivity contribution in [1.82, 2.24) is 14.8 Å². The predicted octanol–water partition coefficient (Wildman–Crippen LogP) is 4.87. The van der Waals surface area contributed by atoms with Crippen LogP contribution in [-0.2, 0) is 4.79 Å². The Balaban J connectivity index is 2.04. The minimum absolute atomic E-state index is 0.386. The summed E-state index contributed by atoms with van der Waals surface area (Å²) in [5, 5.41) is 15.2. The van der Waals surface area contributed by atoms with E-state index in [1.165, 1.54) is 0 Å². The molecule has 0 aliphatic carbocycles. The molecule has 0 spiro atoms. The third-order valence-electron chi connectivity index (χ3n) is 5.30. The summed E-state index contributed by atoms with van der Waals surface area (Å²) < 4.78 is 8.00. The van der Waals surface area contributed by atoms with Crippen LogP contribution in [0.4, 0.5) is 0 Å². The Morgan fingerprint density at radius 1 is 0.969 bits per heavy atom. The summed E-state index contributed by atoms with van der Waals surface area (Å²) in [4.78, 5) is 17.6. The second-order valence-electron chi connectivity index (χ2n) is 7.21. The van der Waals surface area contributed by atoms with Crippen molar-refractivity contribution >= 4 is 11.7 Å². The Morgan fingerprint density at radius 2 is 1.66 bits per heavy atom. The maximum Gasteiger partial charge on any atom is 0.355 e. The normalized spacial score (nSPS) is 14.3. The number of carboxylic acid groups (broad SMARTS) is 1. The molecule has 2 unspecified atom stereocenters. The molecule has 2 heterocycles. The van der Waals surface area contributed by atoms with Crippen LogP contribution in [0, 0.1) is 0 Å². The number of para-hydroxylation sites is 1. The van der Waals surface area contributed by atoms with Crippen molar-refractivity contribution in [3.05, 3.63) is 121 Å². The first-order chi connectivity index (χ1) is 15.7. The fourth-order valence-corrected chi connectivity index (χ4v) is 3.99. The van der Waals surface area contributed by atoms with Crippen LogP contribution in [-0.4, -0.2) is 31.4 Å². The fraction of sp³-hybridized carbons (Fsp3) is 0.115. The third kappa shape index (κ3) is 3.90. The van der Waals surface area contributed by atoms with Gasteiger partial charge in [0.1, 0.15) is 5.75 Å². The number of hydrogen-bond donors (Lipinski definition) is 1. The summed E-state index contributed by atoms with van der Waals surface area (Å²) >= 11 is 0. The summed E-state index contributed by atoms with van der Waals surface area (Å²) in [5.74, 6) is -1.42. The third-order valence-corrected chi connectivity index (χ3v) is 5.30. The van der Waals surface area contributed by atoms with E-state index in [4.69, 9.17) is 4.74 Å². The molecule has 4 aromatic rings. The molecule has 2 aromatic heterocycles. The first kappa shape index (κ1) is 21.1. The summed E-state index contributed by atoms with van der Waals surface area (Å²) in [5.41, 5.74) is 0.0393. The first-order valence-corrected chi connectivity index (χ1v) is 10.3. The number of ether oxygens (including phenoxy) is 1. The van der Waals surface area contributed by atoms with Gasteiger partial charge in [0.05, 0.1) is 11.6 Å². The van der Waals surface area contributed by atoms with Gasteiger partial charge in [0.25, 0.3) is 5.60 Å². The smallest absolute Gasteiger partial charge is 0.355 e. The van der Waals surface area contributed by atoms with Crippen molar-refractivity contribution in [2.45, 2.75) is 18.4 Å². The standard InChI is InChI=1S/C26H23N3O3/c1-2-23(29-18-10-17-28-29)26(25(30)31,32-22-14-7-4-8-15-22)24(20-11-5-3-6-12-20)21-13-9-16-27-19-21/h2-19,24H,1H3,(H,30,31). The van der Waals surface area contributed by atoms with Crippen molar-refractivity contribution in [2.24, 2.45) is 0 Å². The molecule has 4 rings (SSSR count). The molecule has 0 aliphatic rings. The lowest BCUT2D eigenvalue weighted by Crippen LogP contribution is -2.52. The van der Waals surface area contributed by atoms with Gasteiger partial charge >= 0.3 is 5.97 Å². The zero-order valence-corrected chi connectivity index (χ0v) is 17.6. The summed E-state index contributed by atoms with van der Waals surface area (Å²) in [6, 6.07) is 23.9. The molecule has 0 bridgehead atoms. The number of pyridine rings is 1. The van der Waals surface area contributed by atoms with E-state index in [0.29, 0.717) is 17.0 Å². The van der Waals surface area contributed by atoms with Gasteiger partial charge < -0.3 is 9.84 Å². The molecule has 0 amide bonds. The number of carboxylic acids is 1. The van der Waals surface area contributed by atoms with Crippen LogP contribution >= 0.6 is 0 Å². The number of hydrogen-bond acceptors (Lipinski definition) is 4. The monoisotopic (exact) mass is 425 g/mol. The highest BCUT2D eigenvalue weighted by molar-refractivity contribution is 5.93. The van der Waals surface area contributed by atoms with E-state index in [1.807, 2.05) is 54.6 Å². The minimum atomic E-state index is -1.84. The Labute approximate surface area is 186 Å². The highest BCUT2D eigenvalue weighted by Gasteiger charge is 2.54. The van der Waals surface area contributed by atoms with E-state index in [1.54, 1.807) is 66.7 Å². The molecular formula is C26H23N3O3. The summed E-state index contributed by atoms with van der Waals surface area (Å²) in [7, 11) is 0. The fourth-order valence-electron chi connectivity index (χ4n) is 3.99. The highest BCUT2D eigenvalue weighted by Crippen LogP contribution is 2.44. The maximum atomic E-state index is 13.3. The molecule has 6 nitrogen and oxygen atoms in total. The topological polar surface area (TPSA) is 77.2 Å². The number of carbonyl (C=O) groups is 1. The molecule has 0 saturated carbocycles. The van der Waals surface area contributed by atoms with Gasteiger partial charge in [-0.3, -0.25) is 4.98 Å². The number of rotatable bonds is 8. The molecule has 0 aliphatic heterocycles. The number of allylic oxidation sites excluding steroid dienone is 1. The van der Waals surface area contributed by atoms with Crippen molar-refractivity contribution in [1.29, 1.82) is 0 Å². The molecule has 6 heteroatoms. The molecular weight excluding hydrogens is 402 g/mol. The summed E-state index contributed by atoms with van der Waals surface area (Å²) in [6.07, 6.45) is 8.40. The van der Waals surface area contributed by atoms with Crippen molar-refractivity contribution in [3.63, 3.8) is 0 Å². The Bertz CT molecular complexity index is 1140. The van der Waals surface area contributed by atoms with Gasteiger partial charge in [-0.15, -0.1) is 0 Å². The van der Waals surface area contributed by atoms with Gasteiger partial charge in [-0.25, -0.2) is 9.48 Å². The second kappa shape index (κ2) is 9.31. The van der Waals surface area contributed by atoms with Crippen LogP contribution in [0.25, 0.3) is 5.70 Å². The maximum absolute atomic E-state index is 13.3.